The summed E-state index contributed by atoms with van der Waals surface area (Å²) in [5.74, 6) is -0.781. The molecule has 0 unspecified atom stereocenters. The van der Waals surface area contributed by atoms with E-state index in [1.807, 2.05) is 38.1 Å². The topological polar surface area (TPSA) is 85.5 Å². The largest absolute Gasteiger partial charge is 0.451 e. The van der Waals surface area contributed by atoms with Crippen molar-refractivity contribution in [3.05, 3.63) is 57.6 Å². The fourth-order valence-corrected chi connectivity index (χ4v) is 4.72. The molecule has 7 heteroatoms. The number of aryl methyl sites for hydroxylation is 2. The monoisotopic (exact) mass is 395 g/mol. The number of anilines is 1. The molecule has 1 aromatic carbocycles. The van der Waals surface area contributed by atoms with Gasteiger partial charge >= 0.3 is 5.97 Å². The normalized spacial score (nSPS) is 13.4. The minimum absolute atomic E-state index is 0.201. The van der Waals surface area contributed by atoms with Gasteiger partial charge in [-0.2, -0.15) is 0 Å². The standard InChI is InChI=1S/C21H21N3O3S/c1-12-9-13(2)23-20-17(12)18(22)19(28-20)21(26)27-11-16(25)24-8-7-14-5-3-4-6-15(14)10-24/h3-6,9H,7-8,10-11,22H2,1-2H3. The zero-order valence-electron chi connectivity index (χ0n) is 15.8. The van der Waals surface area contributed by atoms with Crippen LogP contribution in [0.4, 0.5) is 5.69 Å². The summed E-state index contributed by atoms with van der Waals surface area (Å²) in [6, 6.07) is 10.0. The van der Waals surface area contributed by atoms with Crippen LogP contribution < -0.4 is 5.73 Å². The third-order valence-electron chi connectivity index (χ3n) is 5.02. The van der Waals surface area contributed by atoms with E-state index >= 15 is 0 Å². The summed E-state index contributed by atoms with van der Waals surface area (Å²) >= 11 is 1.20. The van der Waals surface area contributed by atoms with E-state index in [1.54, 1.807) is 4.90 Å². The molecule has 28 heavy (non-hydrogen) atoms. The lowest BCUT2D eigenvalue weighted by Gasteiger charge is -2.28. The number of aromatic nitrogens is 1. The van der Waals surface area contributed by atoms with Crippen molar-refractivity contribution in [1.29, 1.82) is 0 Å². The summed E-state index contributed by atoms with van der Waals surface area (Å²) in [5.41, 5.74) is 10.8. The number of hydrogen-bond acceptors (Lipinski definition) is 6. The molecule has 3 heterocycles. The molecule has 1 aliphatic rings. The molecule has 3 aromatic rings. The number of nitrogen functional groups attached to an aromatic ring is 1. The predicted molar refractivity (Wildman–Crippen MR) is 109 cm³/mol. The molecule has 0 fully saturated rings. The van der Waals surface area contributed by atoms with Gasteiger partial charge in [-0.25, -0.2) is 9.78 Å². The van der Waals surface area contributed by atoms with Gasteiger partial charge in [-0.15, -0.1) is 11.3 Å². The zero-order chi connectivity index (χ0) is 19.8. The van der Waals surface area contributed by atoms with Gasteiger partial charge < -0.3 is 15.4 Å². The van der Waals surface area contributed by atoms with Gasteiger partial charge in [-0.1, -0.05) is 24.3 Å². The van der Waals surface area contributed by atoms with Crippen molar-refractivity contribution in [3.8, 4) is 0 Å². The van der Waals surface area contributed by atoms with Gasteiger partial charge in [-0.3, -0.25) is 4.79 Å². The first-order valence-electron chi connectivity index (χ1n) is 9.12. The number of nitrogens with two attached hydrogens (primary N) is 1. The summed E-state index contributed by atoms with van der Waals surface area (Å²) in [5, 5.41) is 0.779. The second kappa shape index (κ2) is 7.24. The fraction of sp³-hybridized carbons (Fsp3) is 0.286. The summed E-state index contributed by atoms with van der Waals surface area (Å²) in [7, 11) is 0. The smallest absolute Gasteiger partial charge is 0.351 e. The van der Waals surface area contributed by atoms with Gasteiger partial charge in [0.2, 0.25) is 0 Å². The molecule has 2 aromatic heterocycles. The first-order chi connectivity index (χ1) is 13.4. The van der Waals surface area contributed by atoms with Crippen molar-refractivity contribution >= 4 is 39.1 Å². The number of carbonyl (C=O) groups is 2. The van der Waals surface area contributed by atoms with E-state index in [4.69, 9.17) is 10.5 Å². The maximum absolute atomic E-state index is 12.5. The van der Waals surface area contributed by atoms with Crippen LogP contribution in [0, 0.1) is 13.8 Å². The molecule has 0 saturated carbocycles. The number of hydrogen-bond donors (Lipinski definition) is 1. The lowest BCUT2D eigenvalue weighted by molar-refractivity contribution is -0.135. The number of pyridine rings is 1. The molecule has 0 bridgehead atoms. The van der Waals surface area contributed by atoms with Crippen molar-refractivity contribution in [2.45, 2.75) is 26.8 Å². The Morgan fingerprint density at radius 2 is 2.00 bits per heavy atom. The van der Waals surface area contributed by atoms with E-state index in [0.29, 0.717) is 28.5 Å². The van der Waals surface area contributed by atoms with Crippen molar-refractivity contribution in [2.24, 2.45) is 0 Å². The fourth-order valence-electron chi connectivity index (χ4n) is 3.61. The van der Waals surface area contributed by atoms with Crippen molar-refractivity contribution in [3.63, 3.8) is 0 Å². The number of esters is 1. The second-order valence-corrected chi connectivity index (χ2v) is 8.01. The summed E-state index contributed by atoms with van der Waals surface area (Å²) < 4.78 is 5.28. The van der Waals surface area contributed by atoms with E-state index in [1.165, 1.54) is 16.9 Å². The summed E-state index contributed by atoms with van der Waals surface area (Å²) in [4.78, 5) is 32.2. The Kier molecular flexibility index (Phi) is 4.77. The number of benzene rings is 1. The van der Waals surface area contributed by atoms with E-state index in [9.17, 15) is 9.59 Å². The van der Waals surface area contributed by atoms with E-state index < -0.39 is 5.97 Å². The van der Waals surface area contributed by atoms with Crippen LogP contribution in [-0.4, -0.2) is 34.9 Å². The number of ether oxygens (including phenoxy) is 1. The number of fused-ring (bicyclic) bond motifs is 2. The van der Waals surface area contributed by atoms with Crippen LogP contribution in [0.3, 0.4) is 0 Å². The molecule has 0 radical (unpaired) electrons. The minimum atomic E-state index is -0.580. The first kappa shape index (κ1) is 18.4. The Morgan fingerprint density at radius 3 is 2.79 bits per heavy atom. The summed E-state index contributed by atoms with van der Waals surface area (Å²) in [6.07, 6.45) is 0.809. The maximum atomic E-state index is 12.5. The molecule has 0 atom stereocenters. The molecule has 0 saturated heterocycles. The predicted octanol–water partition coefficient (Wildman–Crippen LogP) is 3.24. The van der Waals surface area contributed by atoms with Crippen molar-refractivity contribution < 1.29 is 14.3 Å². The van der Waals surface area contributed by atoms with Gasteiger partial charge in [0, 0.05) is 24.2 Å². The molecule has 6 nitrogen and oxygen atoms in total. The van der Waals surface area contributed by atoms with Crippen LogP contribution >= 0.6 is 11.3 Å². The highest BCUT2D eigenvalue weighted by Gasteiger charge is 2.24. The van der Waals surface area contributed by atoms with Gasteiger partial charge in [0.25, 0.3) is 5.91 Å². The quantitative estimate of drug-likeness (QED) is 0.688. The van der Waals surface area contributed by atoms with E-state index in [-0.39, 0.29) is 12.5 Å². The molecule has 1 aliphatic heterocycles. The Hall–Kier alpha value is -2.93. The highest BCUT2D eigenvalue weighted by molar-refractivity contribution is 7.21. The highest BCUT2D eigenvalue weighted by atomic mass is 32.1. The minimum Gasteiger partial charge on any atom is -0.451 e. The highest BCUT2D eigenvalue weighted by Crippen LogP contribution is 2.35. The number of amides is 1. The van der Waals surface area contributed by atoms with Gasteiger partial charge in [0.1, 0.15) is 9.71 Å². The van der Waals surface area contributed by atoms with Crippen molar-refractivity contribution in [2.75, 3.05) is 18.9 Å². The molecular weight excluding hydrogens is 374 g/mol. The van der Waals surface area contributed by atoms with E-state index in [2.05, 4.69) is 11.1 Å². The van der Waals surface area contributed by atoms with Crippen molar-refractivity contribution in [1.82, 2.24) is 9.88 Å². The van der Waals surface area contributed by atoms with Gasteiger partial charge in [0.15, 0.2) is 6.61 Å². The van der Waals surface area contributed by atoms with Gasteiger partial charge in [-0.05, 0) is 43.0 Å². The Morgan fingerprint density at radius 1 is 1.25 bits per heavy atom. The van der Waals surface area contributed by atoms with Crippen LogP contribution in [0.2, 0.25) is 0 Å². The van der Waals surface area contributed by atoms with Crippen LogP contribution in [0.1, 0.15) is 32.1 Å². The number of nitrogens with zero attached hydrogens (tertiary/aromatic N) is 2. The first-order valence-corrected chi connectivity index (χ1v) is 9.93. The summed E-state index contributed by atoms with van der Waals surface area (Å²) in [6.45, 7) is 4.71. The Balaban J connectivity index is 1.45. The second-order valence-electron chi connectivity index (χ2n) is 7.02. The lowest BCUT2D eigenvalue weighted by atomic mass is 10.00. The average molecular weight is 395 g/mol. The molecule has 0 spiro atoms. The van der Waals surface area contributed by atoms with Crippen LogP contribution in [-0.2, 0) is 22.5 Å². The zero-order valence-corrected chi connectivity index (χ0v) is 16.6. The third kappa shape index (κ3) is 3.33. The van der Waals surface area contributed by atoms with Crippen LogP contribution in [0.5, 0.6) is 0 Å². The Bertz CT molecular complexity index is 1090. The van der Waals surface area contributed by atoms with Crippen LogP contribution in [0.15, 0.2) is 30.3 Å². The molecule has 2 N–H and O–H groups in total. The number of rotatable bonds is 3. The Labute approximate surface area is 166 Å². The molecule has 1 amide bonds. The molecular formula is C21H21N3O3S. The maximum Gasteiger partial charge on any atom is 0.351 e. The SMILES string of the molecule is Cc1cc(C)c2c(N)c(C(=O)OCC(=O)N3CCc4ccccc4C3)sc2n1. The lowest BCUT2D eigenvalue weighted by Crippen LogP contribution is -2.38. The number of thiophene rings is 1. The van der Waals surface area contributed by atoms with Gasteiger partial charge in [0.05, 0.1) is 5.69 Å². The van der Waals surface area contributed by atoms with E-state index in [0.717, 1.165) is 28.6 Å². The molecule has 4 rings (SSSR count). The third-order valence-corrected chi connectivity index (χ3v) is 6.10. The molecule has 0 aliphatic carbocycles. The molecule has 144 valence electrons. The van der Waals surface area contributed by atoms with Crippen LogP contribution in [0.25, 0.3) is 10.2 Å². The number of carbonyl (C=O) groups excluding carboxylic acids is 2. The average Bonchev–Trinajstić information content (AvgIpc) is 3.02.